The summed E-state index contributed by atoms with van der Waals surface area (Å²) in [5.74, 6) is -5.02. The summed E-state index contributed by atoms with van der Waals surface area (Å²) >= 11 is 1.79. The van der Waals surface area contributed by atoms with Crippen molar-refractivity contribution in [2.45, 2.75) is 63.5 Å². The van der Waals surface area contributed by atoms with Crippen molar-refractivity contribution in [1.82, 2.24) is 19.8 Å². The number of carboxylic acid groups (broad SMARTS) is 2. The Labute approximate surface area is 247 Å². The molecule has 2 aliphatic heterocycles. The van der Waals surface area contributed by atoms with Crippen LogP contribution in [-0.2, 0) is 37.6 Å². The number of piperidine rings is 1. The molecule has 240 valence electrons. The molecule has 2 aliphatic rings. The van der Waals surface area contributed by atoms with Gasteiger partial charge in [-0.1, -0.05) is 19.9 Å². The van der Waals surface area contributed by atoms with E-state index >= 15 is 0 Å². The Hall–Kier alpha value is -3.31. The number of rotatable bonds is 5. The minimum atomic E-state index is -5.08. The molecule has 4 heterocycles. The van der Waals surface area contributed by atoms with E-state index in [-0.39, 0.29) is 17.9 Å². The van der Waals surface area contributed by atoms with Gasteiger partial charge in [-0.05, 0) is 37.6 Å². The molecule has 1 fully saturated rings. The van der Waals surface area contributed by atoms with E-state index in [2.05, 4.69) is 29.8 Å². The standard InChI is InChI=1S/C22H30N4O2S.2C2HF3O2/c1-16(2)21-24-20-18(29-21)13-26(19(27)14-28-3)15-22(20)6-9-25(10-7-22)12-17-5-4-8-23-11-17;2*3-2(4,5)1(6)7/h4-5,8,11,16H,6-7,9-10,12-15H2,1-3H3;2*(H,6,7). The third-order valence-electron chi connectivity index (χ3n) is 6.59. The summed E-state index contributed by atoms with van der Waals surface area (Å²) < 4.78 is 68.6. The molecule has 0 aliphatic carbocycles. The molecule has 0 radical (unpaired) electrons. The molecule has 2 aromatic heterocycles. The van der Waals surface area contributed by atoms with Crippen molar-refractivity contribution in [3.05, 3.63) is 45.7 Å². The number of pyridine rings is 1. The molecule has 2 aromatic rings. The number of aliphatic carboxylic acids is 2. The van der Waals surface area contributed by atoms with Gasteiger partial charge >= 0.3 is 24.3 Å². The zero-order chi connectivity index (χ0) is 32.6. The fourth-order valence-electron chi connectivity index (χ4n) is 4.48. The van der Waals surface area contributed by atoms with Gasteiger partial charge in [-0.15, -0.1) is 11.3 Å². The van der Waals surface area contributed by atoms with E-state index in [1.165, 1.54) is 21.1 Å². The molecule has 0 bridgehead atoms. The van der Waals surface area contributed by atoms with Gasteiger partial charge in [0.25, 0.3) is 0 Å². The molecule has 0 atom stereocenters. The maximum absolute atomic E-state index is 12.6. The van der Waals surface area contributed by atoms with Gasteiger partial charge in [0.2, 0.25) is 5.91 Å². The van der Waals surface area contributed by atoms with Crippen LogP contribution in [0, 0.1) is 0 Å². The molecule has 0 saturated carbocycles. The van der Waals surface area contributed by atoms with E-state index in [4.69, 9.17) is 29.5 Å². The second-order valence-electron chi connectivity index (χ2n) is 10.2. The Morgan fingerprint density at radius 2 is 1.63 bits per heavy atom. The molecule has 43 heavy (non-hydrogen) atoms. The van der Waals surface area contributed by atoms with E-state index < -0.39 is 24.3 Å². The van der Waals surface area contributed by atoms with Crippen molar-refractivity contribution in [3.8, 4) is 0 Å². The van der Waals surface area contributed by atoms with Crippen LogP contribution in [0.5, 0.6) is 0 Å². The number of carboxylic acids is 2. The highest BCUT2D eigenvalue weighted by Gasteiger charge is 2.45. The van der Waals surface area contributed by atoms with E-state index in [0.29, 0.717) is 12.5 Å². The second kappa shape index (κ2) is 14.9. The molecule has 1 amide bonds. The van der Waals surface area contributed by atoms with Gasteiger partial charge in [-0.3, -0.25) is 14.7 Å². The fourth-order valence-corrected chi connectivity index (χ4v) is 5.69. The summed E-state index contributed by atoms with van der Waals surface area (Å²) in [5, 5.41) is 15.4. The van der Waals surface area contributed by atoms with Gasteiger partial charge < -0.3 is 19.8 Å². The lowest BCUT2D eigenvalue weighted by atomic mass is 9.73. The number of fused-ring (bicyclic) bond motifs is 2. The monoisotopic (exact) mass is 642 g/mol. The number of aromatic nitrogens is 2. The van der Waals surface area contributed by atoms with Gasteiger partial charge in [0, 0.05) is 48.8 Å². The number of amides is 1. The summed E-state index contributed by atoms with van der Waals surface area (Å²) in [4.78, 5) is 45.5. The number of likely N-dealkylation sites (tertiary alicyclic amines) is 1. The number of alkyl halides is 6. The lowest BCUT2D eigenvalue weighted by Gasteiger charge is -2.46. The molecular weight excluding hydrogens is 610 g/mol. The number of nitrogens with zero attached hydrogens (tertiary/aromatic N) is 4. The first-order chi connectivity index (χ1) is 19.9. The lowest BCUT2D eigenvalue weighted by molar-refractivity contribution is -0.193. The van der Waals surface area contributed by atoms with Crippen LogP contribution in [-0.4, -0.2) is 93.5 Å². The normalized spacial score (nSPS) is 16.5. The summed E-state index contributed by atoms with van der Waals surface area (Å²) in [6, 6.07) is 4.13. The maximum Gasteiger partial charge on any atom is 0.490 e. The number of carbonyl (C=O) groups is 3. The van der Waals surface area contributed by atoms with Crippen molar-refractivity contribution in [2.24, 2.45) is 0 Å². The Morgan fingerprint density at radius 1 is 1.07 bits per heavy atom. The van der Waals surface area contributed by atoms with Crippen LogP contribution in [0.4, 0.5) is 26.3 Å². The number of thiazole rings is 1. The van der Waals surface area contributed by atoms with E-state index in [0.717, 1.165) is 39.0 Å². The smallest absolute Gasteiger partial charge is 0.475 e. The average molecular weight is 643 g/mol. The molecule has 0 unspecified atom stereocenters. The predicted molar refractivity (Wildman–Crippen MR) is 141 cm³/mol. The molecule has 2 N–H and O–H groups in total. The quantitative estimate of drug-likeness (QED) is 0.454. The molecule has 17 heteroatoms. The third-order valence-corrected chi connectivity index (χ3v) is 7.93. The average Bonchev–Trinajstić information content (AvgIpc) is 3.36. The summed E-state index contributed by atoms with van der Waals surface area (Å²) in [6.07, 6.45) is -4.35. The number of methoxy groups -OCH3 is 1. The van der Waals surface area contributed by atoms with Crippen LogP contribution < -0.4 is 0 Å². The van der Waals surface area contributed by atoms with Gasteiger partial charge in [0.05, 0.1) is 17.2 Å². The van der Waals surface area contributed by atoms with Crippen LogP contribution >= 0.6 is 11.3 Å². The highest BCUT2D eigenvalue weighted by Crippen LogP contribution is 2.44. The highest BCUT2D eigenvalue weighted by molar-refractivity contribution is 7.11. The highest BCUT2D eigenvalue weighted by atomic mass is 32.1. The minimum absolute atomic E-state index is 0.0357. The largest absolute Gasteiger partial charge is 0.490 e. The molecular formula is C26H32F6N4O6S. The van der Waals surface area contributed by atoms with Crippen molar-refractivity contribution in [3.63, 3.8) is 0 Å². The lowest BCUT2D eigenvalue weighted by Crippen LogP contribution is -2.53. The van der Waals surface area contributed by atoms with Crippen LogP contribution in [0.2, 0.25) is 0 Å². The van der Waals surface area contributed by atoms with Crippen LogP contribution in [0.1, 0.15) is 53.7 Å². The summed E-state index contributed by atoms with van der Waals surface area (Å²) in [5.41, 5.74) is 2.47. The minimum Gasteiger partial charge on any atom is -0.475 e. The van der Waals surface area contributed by atoms with Crippen LogP contribution in [0.15, 0.2) is 24.5 Å². The number of carbonyl (C=O) groups excluding carboxylic acids is 1. The van der Waals surface area contributed by atoms with Crippen LogP contribution in [0.25, 0.3) is 0 Å². The third kappa shape index (κ3) is 10.4. The first-order valence-corrected chi connectivity index (χ1v) is 13.7. The topological polar surface area (TPSA) is 133 Å². The number of hydrogen-bond donors (Lipinski definition) is 2. The summed E-state index contributed by atoms with van der Waals surface area (Å²) in [6.45, 7) is 8.91. The van der Waals surface area contributed by atoms with Gasteiger partial charge in [-0.25, -0.2) is 14.6 Å². The molecule has 4 rings (SSSR count). The molecule has 1 spiro atoms. The van der Waals surface area contributed by atoms with E-state index in [9.17, 15) is 31.1 Å². The van der Waals surface area contributed by atoms with E-state index in [1.807, 2.05) is 23.4 Å². The van der Waals surface area contributed by atoms with Gasteiger partial charge in [-0.2, -0.15) is 26.3 Å². The van der Waals surface area contributed by atoms with Crippen LogP contribution in [0.3, 0.4) is 0 Å². The van der Waals surface area contributed by atoms with Crippen molar-refractivity contribution in [2.75, 3.05) is 33.4 Å². The first-order valence-electron chi connectivity index (χ1n) is 12.9. The zero-order valence-corrected chi connectivity index (χ0v) is 24.4. The first kappa shape index (κ1) is 35.9. The molecule has 10 nitrogen and oxygen atoms in total. The van der Waals surface area contributed by atoms with Gasteiger partial charge in [0.1, 0.15) is 6.61 Å². The zero-order valence-electron chi connectivity index (χ0n) is 23.5. The van der Waals surface area contributed by atoms with Crippen molar-refractivity contribution in [1.29, 1.82) is 0 Å². The number of halogens is 6. The Morgan fingerprint density at radius 3 is 2.07 bits per heavy atom. The Kier molecular flexibility index (Phi) is 12.5. The molecule has 0 aromatic carbocycles. The summed E-state index contributed by atoms with van der Waals surface area (Å²) in [7, 11) is 1.59. The maximum atomic E-state index is 12.6. The second-order valence-corrected chi connectivity index (χ2v) is 11.3. The SMILES string of the molecule is COCC(=O)N1Cc2sc(C(C)C)nc2C2(CCN(Cc3cccnc3)CC2)C1.O=C(O)C(F)(F)F.O=C(O)C(F)(F)F. The Bertz CT molecular complexity index is 1210. The van der Waals surface area contributed by atoms with Crippen molar-refractivity contribution >= 4 is 29.2 Å². The molecule has 1 saturated heterocycles. The van der Waals surface area contributed by atoms with Gasteiger partial charge in [0.15, 0.2) is 0 Å². The number of ether oxygens (including phenoxy) is 1. The predicted octanol–water partition coefficient (Wildman–Crippen LogP) is 4.45. The number of hydrogen-bond acceptors (Lipinski definition) is 8. The van der Waals surface area contributed by atoms with E-state index in [1.54, 1.807) is 18.4 Å². The van der Waals surface area contributed by atoms with Crippen molar-refractivity contribution < 1.29 is 55.7 Å². The fraction of sp³-hybridized carbons (Fsp3) is 0.577. The Balaban J connectivity index is 0.000000384.